The lowest BCUT2D eigenvalue weighted by atomic mass is 10.1. The van der Waals surface area contributed by atoms with Crippen molar-refractivity contribution in [3.63, 3.8) is 0 Å². The van der Waals surface area contributed by atoms with Crippen LogP contribution in [0.1, 0.15) is 15.9 Å². The van der Waals surface area contributed by atoms with Crippen molar-refractivity contribution in [2.75, 3.05) is 68.5 Å². The van der Waals surface area contributed by atoms with Crippen LogP contribution in [0.15, 0.2) is 41.3 Å². The lowest BCUT2D eigenvalue weighted by Gasteiger charge is -2.37. The van der Waals surface area contributed by atoms with Gasteiger partial charge in [-0.25, -0.2) is 12.8 Å². The van der Waals surface area contributed by atoms with Crippen LogP contribution in [-0.2, 0) is 20.8 Å². The Morgan fingerprint density at radius 2 is 1.49 bits per heavy atom. The lowest BCUT2D eigenvalue weighted by molar-refractivity contribution is -0.137. The largest absolute Gasteiger partial charge is 0.416 e. The summed E-state index contributed by atoms with van der Waals surface area (Å²) in [6.45, 7) is 2.91. The van der Waals surface area contributed by atoms with Crippen molar-refractivity contribution < 1.29 is 35.5 Å². The molecule has 2 fully saturated rings. The highest BCUT2D eigenvalue weighted by Crippen LogP contribution is 2.33. The molecule has 0 spiro atoms. The number of halogens is 4. The van der Waals surface area contributed by atoms with Gasteiger partial charge in [0.05, 0.1) is 34.9 Å². The highest BCUT2D eigenvalue weighted by molar-refractivity contribution is 7.90. The topological polar surface area (TPSA) is 70.2 Å². The Balaban J connectivity index is 1.54. The smallest absolute Gasteiger partial charge is 0.378 e. The summed E-state index contributed by atoms with van der Waals surface area (Å²) in [6.07, 6.45) is -3.56. The van der Waals surface area contributed by atoms with E-state index in [9.17, 15) is 30.8 Å². The Morgan fingerprint density at radius 3 is 2.06 bits per heavy atom. The van der Waals surface area contributed by atoms with Crippen LogP contribution >= 0.6 is 0 Å². The average molecular weight is 516 g/mol. The molecule has 0 unspecified atom stereocenters. The fourth-order valence-corrected chi connectivity index (χ4v) is 4.90. The predicted octanol–water partition coefficient (Wildman–Crippen LogP) is 3.05. The first-order valence-electron chi connectivity index (χ1n) is 11.0. The van der Waals surface area contributed by atoms with E-state index >= 15 is 0 Å². The summed E-state index contributed by atoms with van der Waals surface area (Å²) in [5.74, 6) is -1.33. The van der Waals surface area contributed by atoms with Gasteiger partial charge < -0.3 is 19.4 Å². The Morgan fingerprint density at radius 1 is 0.886 bits per heavy atom. The second-order valence-electron chi connectivity index (χ2n) is 8.49. The molecule has 190 valence electrons. The molecule has 35 heavy (non-hydrogen) atoms. The first-order valence-corrected chi connectivity index (χ1v) is 12.9. The zero-order chi connectivity index (χ0) is 25.4. The van der Waals surface area contributed by atoms with Gasteiger partial charge in [-0.05, 0) is 36.4 Å². The molecule has 4 rings (SSSR count). The van der Waals surface area contributed by atoms with E-state index < -0.39 is 27.4 Å². The maximum absolute atomic E-state index is 14.4. The molecule has 1 amide bonds. The van der Waals surface area contributed by atoms with E-state index in [0.29, 0.717) is 38.1 Å². The number of ether oxygens (including phenoxy) is 1. The molecule has 0 aromatic heterocycles. The lowest BCUT2D eigenvalue weighted by Crippen LogP contribution is -2.49. The van der Waals surface area contributed by atoms with Gasteiger partial charge in [0.2, 0.25) is 0 Å². The van der Waals surface area contributed by atoms with Gasteiger partial charge in [0, 0.05) is 51.2 Å². The molecule has 0 saturated carbocycles. The number of amides is 1. The molecule has 2 aromatic rings. The third-order valence-corrected chi connectivity index (χ3v) is 7.27. The number of benzene rings is 2. The minimum atomic E-state index is -4.64. The molecule has 0 bridgehead atoms. The second kappa shape index (κ2) is 9.65. The second-order valence-corrected chi connectivity index (χ2v) is 10.5. The van der Waals surface area contributed by atoms with Crippen LogP contribution in [0.5, 0.6) is 0 Å². The van der Waals surface area contributed by atoms with E-state index in [0.717, 1.165) is 18.4 Å². The van der Waals surface area contributed by atoms with Crippen molar-refractivity contribution in [3.05, 3.63) is 53.3 Å². The maximum Gasteiger partial charge on any atom is 0.416 e. The molecule has 2 aliphatic rings. The van der Waals surface area contributed by atoms with E-state index in [1.807, 2.05) is 4.90 Å². The van der Waals surface area contributed by atoms with Crippen LogP contribution in [0.25, 0.3) is 0 Å². The third kappa shape index (κ3) is 5.53. The summed E-state index contributed by atoms with van der Waals surface area (Å²) in [5, 5.41) is 0. The molecule has 0 atom stereocenters. The van der Waals surface area contributed by atoms with Crippen LogP contribution in [-0.4, -0.2) is 78.0 Å². The van der Waals surface area contributed by atoms with Crippen LogP contribution in [0.4, 0.5) is 28.9 Å². The van der Waals surface area contributed by atoms with E-state index in [-0.39, 0.29) is 48.2 Å². The summed E-state index contributed by atoms with van der Waals surface area (Å²) in [6, 6.07) is 6.89. The van der Waals surface area contributed by atoms with Gasteiger partial charge >= 0.3 is 6.18 Å². The number of hydrogen-bond acceptors (Lipinski definition) is 6. The molecular weight excluding hydrogens is 490 g/mol. The van der Waals surface area contributed by atoms with Crippen molar-refractivity contribution in [1.82, 2.24) is 4.90 Å². The molecule has 0 aliphatic carbocycles. The fourth-order valence-electron chi connectivity index (χ4n) is 4.26. The number of nitrogens with zero attached hydrogens (tertiary/aromatic N) is 3. The molecule has 2 aromatic carbocycles. The maximum atomic E-state index is 14.4. The summed E-state index contributed by atoms with van der Waals surface area (Å²) in [5.41, 5.74) is -0.155. The fraction of sp³-hybridized carbons (Fsp3) is 0.435. The SMILES string of the molecule is CS(=O)(=O)c1ccc(N2CCOCC2)c(C(=O)N2CCN(c3ccc(C(F)(F)F)cc3F)CC2)c1. The minimum Gasteiger partial charge on any atom is -0.378 e. The highest BCUT2D eigenvalue weighted by atomic mass is 32.2. The Bertz CT molecular complexity index is 1210. The average Bonchev–Trinajstić information content (AvgIpc) is 2.83. The number of morpholine rings is 1. The number of hydrogen-bond donors (Lipinski definition) is 0. The van der Waals surface area contributed by atoms with Crippen molar-refractivity contribution >= 4 is 27.1 Å². The van der Waals surface area contributed by atoms with Crippen LogP contribution in [0, 0.1) is 5.82 Å². The van der Waals surface area contributed by atoms with Gasteiger partial charge in [-0.3, -0.25) is 4.79 Å². The molecule has 12 heteroatoms. The van der Waals surface area contributed by atoms with Gasteiger partial charge in [-0.15, -0.1) is 0 Å². The van der Waals surface area contributed by atoms with Gasteiger partial charge in [-0.2, -0.15) is 13.2 Å². The summed E-state index contributed by atoms with van der Waals surface area (Å²) in [4.78, 5) is 18.6. The summed E-state index contributed by atoms with van der Waals surface area (Å²) in [7, 11) is -3.54. The van der Waals surface area contributed by atoms with Crippen LogP contribution < -0.4 is 9.80 Å². The van der Waals surface area contributed by atoms with E-state index in [1.54, 1.807) is 15.9 Å². The first-order chi connectivity index (χ1) is 16.4. The molecule has 2 saturated heterocycles. The van der Waals surface area contributed by atoms with Crippen molar-refractivity contribution in [2.24, 2.45) is 0 Å². The first kappa shape index (κ1) is 25.2. The number of alkyl halides is 3. The van der Waals surface area contributed by atoms with Gasteiger partial charge in [0.25, 0.3) is 5.91 Å². The van der Waals surface area contributed by atoms with E-state index in [2.05, 4.69) is 0 Å². The van der Waals surface area contributed by atoms with Gasteiger partial charge in [0.15, 0.2) is 9.84 Å². The molecule has 0 radical (unpaired) electrons. The molecule has 7 nitrogen and oxygen atoms in total. The molecular formula is C23H25F4N3O4S. The van der Waals surface area contributed by atoms with E-state index in [1.165, 1.54) is 12.1 Å². The normalized spacial score (nSPS) is 17.6. The summed E-state index contributed by atoms with van der Waals surface area (Å²) < 4.78 is 82.5. The summed E-state index contributed by atoms with van der Waals surface area (Å²) >= 11 is 0. The van der Waals surface area contributed by atoms with Crippen LogP contribution in [0.2, 0.25) is 0 Å². The van der Waals surface area contributed by atoms with Crippen molar-refractivity contribution in [2.45, 2.75) is 11.1 Å². The van der Waals surface area contributed by atoms with Gasteiger partial charge in [0.1, 0.15) is 5.82 Å². The monoisotopic (exact) mass is 515 g/mol. The number of rotatable bonds is 4. The molecule has 2 heterocycles. The van der Waals surface area contributed by atoms with Gasteiger partial charge in [-0.1, -0.05) is 0 Å². The highest BCUT2D eigenvalue weighted by Gasteiger charge is 2.32. The zero-order valence-electron chi connectivity index (χ0n) is 19.0. The third-order valence-electron chi connectivity index (χ3n) is 6.16. The Hall–Kier alpha value is -2.86. The van der Waals surface area contributed by atoms with Crippen LogP contribution in [0.3, 0.4) is 0 Å². The van der Waals surface area contributed by atoms with Crippen molar-refractivity contribution in [3.8, 4) is 0 Å². The van der Waals surface area contributed by atoms with E-state index in [4.69, 9.17) is 4.74 Å². The molecule has 0 N–H and O–H groups in total. The molecule has 2 aliphatic heterocycles. The zero-order valence-corrected chi connectivity index (χ0v) is 19.8. The number of anilines is 2. The Labute approximate surface area is 200 Å². The van der Waals surface area contributed by atoms with Crippen molar-refractivity contribution in [1.29, 1.82) is 0 Å². The minimum absolute atomic E-state index is 0.0309. The number of carbonyl (C=O) groups excluding carboxylic acids is 1. The number of piperazine rings is 1. The standard InChI is InChI=1S/C23H25F4N3O4S/c1-35(32,33)17-3-5-20(29-10-12-34-13-11-29)18(15-17)22(31)30-8-6-28(7-9-30)21-4-2-16(14-19(21)24)23(25,26)27/h2-5,14-15H,6-13H2,1H3. The Kier molecular flexibility index (Phi) is 6.96. The predicted molar refractivity (Wildman–Crippen MR) is 122 cm³/mol. The number of sulfone groups is 1. The number of carbonyl (C=O) groups is 1. The quantitative estimate of drug-likeness (QED) is 0.584.